The molecule has 0 N–H and O–H groups in total. The Kier molecular flexibility index (Phi) is 7.03. The Labute approximate surface area is 134 Å². The van der Waals surface area contributed by atoms with Crippen molar-refractivity contribution in [3.05, 3.63) is 30.3 Å². The smallest absolute Gasteiger partial charge is 0.228 e. The standard InChI is InChI=1S/C16H26N2O3S/c1-5-14(3)18(22(4,20)21)13-12-16(19)17(6-2)15-10-8-7-9-11-15/h7-11,14H,5-6,12-13H2,1-4H3. The number of rotatable bonds is 8. The number of hydrogen-bond donors (Lipinski definition) is 0. The van der Waals surface area contributed by atoms with Crippen LogP contribution in [0.3, 0.4) is 0 Å². The van der Waals surface area contributed by atoms with Gasteiger partial charge in [-0.05, 0) is 32.4 Å². The summed E-state index contributed by atoms with van der Waals surface area (Å²) in [6, 6.07) is 9.32. The van der Waals surface area contributed by atoms with Gasteiger partial charge in [-0.15, -0.1) is 0 Å². The second-order valence-electron chi connectivity index (χ2n) is 5.35. The molecule has 1 amide bonds. The van der Waals surface area contributed by atoms with Gasteiger partial charge in [0, 0.05) is 31.2 Å². The van der Waals surface area contributed by atoms with Gasteiger partial charge in [0.05, 0.1) is 6.26 Å². The van der Waals surface area contributed by atoms with Crippen molar-refractivity contribution in [3.8, 4) is 0 Å². The van der Waals surface area contributed by atoms with Gasteiger partial charge in [-0.1, -0.05) is 25.1 Å². The molecule has 0 aliphatic rings. The van der Waals surface area contributed by atoms with Crippen LogP contribution in [0.15, 0.2) is 30.3 Å². The lowest BCUT2D eigenvalue weighted by molar-refractivity contribution is -0.118. The summed E-state index contributed by atoms with van der Waals surface area (Å²) in [5.74, 6) is -0.0642. The molecule has 0 fully saturated rings. The fourth-order valence-corrected chi connectivity index (χ4v) is 3.59. The molecule has 0 heterocycles. The predicted octanol–water partition coefficient (Wildman–Crippen LogP) is 2.49. The van der Waals surface area contributed by atoms with E-state index in [0.717, 1.165) is 12.1 Å². The second-order valence-corrected chi connectivity index (χ2v) is 7.29. The van der Waals surface area contributed by atoms with Crippen LogP contribution in [0.1, 0.15) is 33.6 Å². The highest BCUT2D eigenvalue weighted by Crippen LogP contribution is 2.16. The minimum absolute atomic E-state index is 0.0642. The van der Waals surface area contributed by atoms with Gasteiger partial charge in [-0.2, -0.15) is 4.31 Å². The zero-order valence-electron chi connectivity index (χ0n) is 13.8. The fourth-order valence-electron chi connectivity index (χ4n) is 2.37. The third-order valence-corrected chi connectivity index (χ3v) is 5.13. The van der Waals surface area contributed by atoms with Gasteiger partial charge in [0.1, 0.15) is 0 Å². The van der Waals surface area contributed by atoms with Crippen molar-refractivity contribution in [2.75, 3.05) is 24.2 Å². The number of carbonyl (C=O) groups excluding carboxylic acids is 1. The number of hydrogen-bond acceptors (Lipinski definition) is 3. The average molecular weight is 326 g/mol. The summed E-state index contributed by atoms with van der Waals surface area (Å²) in [4.78, 5) is 14.1. The van der Waals surface area contributed by atoms with Gasteiger partial charge in [0.15, 0.2) is 0 Å². The van der Waals surface area contributed by atoms with E-state index in [-0.39, 0.29) is 24.9 Å². The topological polar surface area (TPSA) is 57.7 Å². The lowest BCUT2D eigenvalue weighted by Crippen LogP contribution is -2.41. The second kappa shape index (κ2) is 8.29. The molecule has 0 saturated heterocycles. The molecule has 22 heavy (non-hydrogen) atoms. The van der Waals surface area contributed by atoms with Crippen molar-refractivity contribution >= 4 is 21.6 Å². The molecular formula is C16H26N2O3S. The van der Waals surface area contributed by atoms with Gasteiger partial charge < -0.3 is 4.90 Å². The number of para-hydroxylation sites is 1. The Balaban J connectivity index is 2.78. The highest BCUT2D eigenvalue weighted by Gasteiger charge is 2.24. The Morgan fingerprint density at radius 2 is 1.77 bits per heavy atom. The van der Waals surface area contributed by atoms with Crippen molar-refractivity contribution in [1.29, 1.82) is 0 Å². The molecule has 0 aliphatic carbocycles. The van der Waals surface area contributed by atoms with Crippen molar-refractivity contribution < 1.29 is 13.2 Å². The molecular weight excluding hydrogens is 300 g/mol. The lowest BCUT2D eigenvalue weighted by atomic mass is 10.2. The summed E-state index contributed by atoms with van der Waals surface area (Å²) in [5, 5.41) is 0. The Bertz CT molecular complexity index is 572. The van der Waals surface area contributed by atoms with Crippen LogP contribution >= 0.6 is 0 Å². The van der Waals surface area contributed by atoms with Crippen LogP contribution in [0.5, 0.6) is 0 Å². The number of anilines is 1. The summed E-state index contributed by atoms with van der Waals surface area (Å²) in [5.41, 5.74) is 0.837. The van der Waals surface area contributed by atoms with E-state index in [4.69, 9.17) is 0 Å². The van der Waals surface area contributed by atoms with Crippen LogP contribution in [0.4, 0.5) is 5.69 Å². The zero-order valence-corrected chi connectivity index (χ0v) is 14.6. The molecule has 1 atom stereocenters. The molecule has 124 valence electrons. The first-order valence-electron chi connectivity index (χ1n) is 7.63. The monoisotopic (exact) mass is 326 g/mol. The molecule has 1 aromatic carbocycles. The van der Waals surface area contributed by atoms with Crippen molar-refractivity contribution in [2.24, 2.45) is 0 Å². The maximum atomic E-state index is 12.4. The summed E-state index contributed by atoms with van der Waals surface area (Å²) in [6.07, 6.45) is 2.09. The molecule has 5 nitrogen and oxygen atoms in total. The molecule has 0 spiro atoms. The predicted molar refractivity (Wildman–Crippen MR) is 90.4 cm³/mol. The van der Waals surface area contributed by atoms with Gasteiger partial charge in [-0.3, -0.25) is 4.79 Å². The minimum Gasteiger partial charge on any atom is -0.313 e. The van der Waals surface area contributed by atoms with Crippen LogP contribution < -0.4 is 4.90 Å². The first-order chi connectivity index (χ1) is 10.3. The lowest BCUT2D eigenvalue weighted by Gasteiger charge is -2.27. The molecule has 1 aromatic rings. The summed E-state index contributed by atoms with van der Waals surface area (Å²) in [7, 11) is -3.31. The van der Waals surface area contributed by atoms with E-state index in [0.29, 0.717) is 6.54 Å². The summed E-state index contributed by atoms with van der Waals surface area (Å²) in [6.45, 7) is 6.49. The number of sulfonamides is 1. The maximum absolute atomic E-state index is 12.4. The molecule has 0 saturated carbocycles. The number of benzene rings is 1. The highest BCUT2D eigenvalue weighted by molar-refractivity contribution is 7.88. The van der Waals surface area contributed by atoms with Crippen molar-refractivity contribution in [1.82, 2.24) is 4.31 Å². The van der Waals surface area contributed by atoms with E-state index >= 15 is 0 Å². The summed E-state index contributed by atoms with van der Waals surface area (Å²) >= 11 is 0. The van der Waals surface area contributed by atoms with Crippen molar-refractivity contribution in [2.45, 2.75) is 39.7 Å². The molecule has 1 unspecified atom stereocenters. The third kappa shape index (κ3) is 5.10. The first kappa shape index (κ1) is 18.6. The van der Waals surface area contributed by atoms with E-state index in [1.807, 2.05) is 51.1 Å². The van der Waals surface area contributed by atoms with Gasteiger partial charge >= 0.3 is 0 Å². The maximum Gasteiger partial charge on any atom is 0.228 e. The molecule has 0 bridgehead atoms. The van der Waals surface area contributed by atoms with Crippen LogP contribution in [0.25, 0.3) is 0 Å². The Morgan fingerprint density at radius 3 is 2.23 bits per heavy atom. The summed E-state index contributed by atoms with van der Waals surface area (Å²) < 4.78 is 25.1. The molecule has 1 rings (SSSR count). The average Bonchev–Trinajstić information content (AvgIpc) is 2.47. The fraction of sp³-hybridized carbons (Fsp3) is 0.562. The van der Waals surface area contributed by atoms with Gasteiger partial charge in [0.2, 0.25) is 15.9 Å². The van der Waals surface area contributed by atoms with E-state index in [9.17, 15) is 13.2 Å². The van der Waals surface area contributed by atoms with E-state index < -0.39 is 10.0 Å². The van der Waals surface area contributed by atoms with Crippen LogP contribution in [0.2, 0.25) is 0 Å². The molecule has 6 heteroatoms. The number of nitrogens with zero attached hydrogens (tertiary/aromatic N) is 2. The van der Waals surface area contributed by atoms with Crippen molar-refractivity contribution in [3.63, 3.8) is 0 Å². The zero-order chi connectivity index (χ0) is 16.8. The SMILES string of the molecule is CCC(C)N(CCC(=O)N(CC)c1ccccc1)S(C)(=O)=O. The van der Waals surface area contributed by atoms with Crippen LogP contribution in [-0.4, -0.2) is 44.0 Å². The van der Waals surface area contributed by atoms with Gasteiger partial charge in [0.25, 0.3) is 0 Å². The first-order valence-corrected chi connectivity index (χ1v) is 9.48. The van der Waals surface area contributed by atoms with E-state index in [2.05, 4.69) is 0 Å². The number of amides is 1. The van der Waals surface area contributed by atoms with Crippen LogP contribution in [-0.2, 0) is 14.8 Å². The quantitative estimate of drug-likeness (QED) is 0.737. The molecule has 0 aliphatic heterocycles. The minimum atomic E-state index is -3.31. The van der Waals surface area contributed by atoms with E-state index in [1.165, 1.54) is 10.6 Å². The third-order valence-electron chi connectivity index (χ3n) is 3.74. The van der Waals surface area contributed by atoms with Crippen LogP contribution in [0, 0.1) is 0 Å². The Hall–Kier alpha value is -1.40. The van der Waals surface area contributed by atoms with Gasteiger partial charge in [-0.25, -0.2) is 8.42 Å². The highest BCUT2D eigenvalue weighted by atomic mass is 32.2. The Morgan fingerprint density at radius 1 is 1.18 bits per heavy atom. The molecule has 0 aromatic heterocycles. The largest absolute Gasteiger partial charge is 0.313 e. The van der Waals surface area contributed by atoms with E-state index in [1.54, 1.807) is 4.90 Å². The number of carbonyl (C=O) groups is 1. The molecule has 0 radical (unpaired) electrons. The normalized spacial score (nSPS) is 13.1.